The third-order valence-corrected chi connectivity index (χ3v) is 4.61. The Morgan fingerprint density at radius 2 is 1.50 bits per heavy atom. The molecule has 26 heavy (non-hydrogen) atoms. The highest BCUT2D eigenvalue weighted by Gasteiger charge is 2.26. The van der Waals surface area contributed by atoms with E-state index in [-0.39, 0.29) is 5.78 Å². The highest BCUT2D eigenvalue weighted by molar-refractivity contribution is 6.36. The number of aromatic nitrogens is 1. The summed E-state index contributed by atoms with van der Waals surface area (Å²) in [6, 6.07) is 17.0. The van der Waals surface area contributed by atoms with Gasteiger partial charge >= 0.3 is 0 Å². The fraction of sp³-hybridized carbons (Fsp3) is 0.0500. The molecule has 0 saturated heterocycles. The lowest BCUT2D eigenvalue weighted by Gasteiger charge is -2.16. The van der Waals surface area contributed by atoms with Crippen LogP contribution in [0.5, 0.6) is 0 Å². The van der Waals surface area contributed by atoms with Crippen molar-refractivity contribution in [3.05, 3.63) is 99.3 Å². The average Bonchev–Trinajstić information content (AvgIpc) is 2.65. The number of nitrogens with zero attached hydrogens (tertiary/aromatic N) is 1. The van der Waals surface area contributed by atoms with Gasteiger partial charge in [-0.3, -0.25) is 14.6 Å². The van der Waals surface area contributed by atoms with E-state index in [0.717, 1.165) is 0 Å². The molecule has 4 nitrogen and oxygen atoms in total. The van der Waals surface area contributed by atoms with E-state index in [1.807, 2.05) is 6.07 Å². The molecule has 0 aliphatic heterocycles. The summed E-state index contributed by atoms with van der Waals surface area (Å²) in [6.07, 6.45) is 1.42. The van der Waals surface area contributed by atoms with Crippen molar-refractivity contribution in [3.8, 4) is 0 Å². The van der Waals surface area contributed by atoms with E-state index in [1.54, 1.807) is 54.6 Å². The molecular weight excluding hydrogens is 371 g/mol. The third kappa shape index (κ3) is 3.62. The Kier molecular flexibility index (Phi) is 5.35. The largest absolute Gasteiger partial charge is 0.369 e. The van der Waals surface area contributed by atoms with Gasteiger partial charge in [-0.2, -0.15) is 0 Å². The maximum Gasteiger partial charge on any atom is 0.231 e. The zero-order valence-electron chi connectivity index (χ0n) is 13.5. The third-order valence-electron chi connectivity index (χ3n) is 3.95. The van der Waals surface area contributed by atoms with Gasteiger partial charge in [0, 0.05) is 32.9 Å². The Morgan fingerprint density at radius 1 is 0.846 bits per heavy atom. The fourth-order valence-corrected chi connectivity index (χ4v) is 3.30. The lowest BCUT2D eigenvalue weighted by molar-refractivity contribution is -0.118. The minimum Gasteiger partial charge on any atom is -0.369 e. The van der Waals surface area contributed by atoms with Crippen molar-refractivity contribution >= 4 is 34.9 Å². The van der Waals surface area contributed by atoms with Gasteiger partial charge in [-0.05, 0) is 24.3 Å². The molecule has 0 fully saturated rings. The predicted octanol–water partition coefficient (Wildman–Crippen LogP) is 4.24. The van der Waals surface area contributed by atoms with Crippen molar-refractivity contribution in [3.63, 3.8) is 0 Å². The first kappa shape index (κ1) is 18.1. The first-order valence-corrected chi connectivity index (χ1v) is 8.53. The summed E-state index contributed by atoms with van der Waals surface area (Å²) in [7, 11) is 0. The summed E-state index contributed by atoms with van der Waals surface area (Å²) in [5, 5.41) is 0.653. The molecule has 0 aliphatic carbocycles. The summed E-state index contributed by atoms with van der Waals surface area (Å²) >= 11 is 12.4. The van der Waals surface area contributed by atoms with Crippen LogP contribution in [0.3, 0.4) is 0 Å². The van der Waals surface area contributed by atoms with E-state index < -0.39 is 11.8 Å². The van der Waals surface area contributed by atoms with Gasteiger partial charge in [-0.1, -0.05) is 59.6 Å². The lowest BCUT2D eigenvalue weighted by Crippen LogP contribution is -2.24. The zero-order valence-corrected chi connectivity index (χ0v) is 15.0. The summed E-state index contributed by atoms with van der Waals surface area (Å²) < 4.78 is 0. The lowest BCUT2D eigenvalue weighted by atomic mass is 9.93. The monoisotopic (exact) mass is 384 g/mol. The summed E-state index contributed by atoms with van der Waals surface area (Å²) in [4.78, 5) is 28.8. The van der Waals surface area contributed by atoms with Gasteiger partial charge in [-0.25, -0.2) is 0 Å². The number of rotatable bonds is 5. The molecule has 1 unspecified atom stereocenters. The van der Waals surface area contributed by atoms with Crippen LogP contribution in [0.1, 0.15) is 33.1 Å². The molecule has 1 heterocycles. The molecule has 0 spiro atoms. The first-order valence-electron chi connectivity index (χ1n) is 7.78. The van der Waals surface area contributed by atoms with Crippen molar-refractivity contribution in [1.29, 1.82) is 0 Å². The van der Waals surface area contributed by atoms with E-state index in [1.165, 1.54) is 6.20 Å². The predicted molar refractivity (Wildman–Crippen MR) is 102 cm³/mol. The van der Waals surface area contributed by atoms with Gasteiger partial charge in [0.2, 0.25) is 5.91 Å². The Hall–Kier alpha value is -2.69. The Morgan fingerprint density at radius 3 is 2.04 bits per heavy atom. The number of pyridine rings is 1. The standard InChI is InChI=1S/C20H14Cl2N2O2/c21-14-7-4-8-15(22)17(14)18(20(23)26)16-10-9-13(11-24-16)19(25)12-5-2-1-3-6-12/h1-11,18H,(H2,23,26). The van der Waals surface area contributed by atoms with Gasteiger partial charge in [0.15, 0.2) is 5.78 Å². The van der Waals surface area contributed by atoms with E-state index in [2.05, 4.69) is 4.98 Å². The molecule has 0 radical (unpaired) electrons. The molecule has 0 aliphatic rings. The fourth-order valence-electron chi connectivity index (χ4n) is 2.69. The number of hydrogen-bond donors (Lipinski definition) is 1. The van der Waals surface area contributed by atoms with E-state index in [4.69, 9.17) is 28.9 Å². The molecule has 1 atom stereocenters. The van der Waals surface area contributed by atoms with Crippen molar-refractivity contribution in [2.75, 3.05) is 0 Å². The van der Waals surface area contributed by atoms with Crippen molar-refractivity contribution in [1.82, 2.24) is 4.98 Å². The van der Waals surface area contributed by atoms with Gasteiger partial charge < -0.3 is 5.73 Å². The van der Waals surface area contributed by atoms with Crippen LogP contribution in [0.15, 0.2) is 66.9 Å². The van der Waals surface area contributed by atoms with E-state index in [0.29, 0.717) is 32.4 Å². The number of ketones is 1. The van der Waals surface area contributed by atoms with Gasteiger partial charge in [0.05, 0.1) is 5.69 Å². The Bertz CT molecular complexity index is 937. The first-order chi connectivity index (χ1) is 12.5. The second kappa shape index (κ2) is 7.68. The number of carbonyl (C=O) groups is 2. The normalized spacial score (nSPS) is 11.8. The van der Waals surface area contributed by atoms with Crippen LogP contribution in [0.2, 0.25) is 10.0 Å². The van der Waals surface area contributed by atoms with Crippen LogP contribution in [-0.4, -0.2) is 16.7 Å². The Labute approximate surface area is 160 Å². The molecule has 1 amide bonds. The zero-order chi connectivity index (χ0) is 18.7. The molecule has 3 aromatic rings. The molecular formula is C20H14Cl2N2O2. The number of amides is 1. The van der Waals surface area contributed by atoms with Crippen molar-refractivity contribution in [2.24, 2.45) is 5.73 Å². The molecule has 2 aromatic carbocycles. The van der Waals surface area contributed by atoms with Crippen LogP contribution in [0.4, 0.5) is 0 Å². The second-order valence-electron chi connectivity index (χ2n) is 5.64. The summed E-state index contributed by atoms with van der Waals surface area (Å²) in [6.45, 7) is 0. The average molecular weight is 385 g/mol. The van der Waals surface area contributed by atoms with Gasteiger partial charge in [0.25, 0.3) is 0 Å². The number of nitrogens with two attached hydrogens (primary N) is 1. The number of halogens is 2. The van der Waals surface area contributed by atoms with Crippen LogP contribution in [0, 0.1) is 0 Å². The van der Waals surface area contributed by atoms with E-state index in [9.17, 15) is 9.59 Å². The number of primary amides is 1. The molecule has 0 saturated carbocycles. The maximum atomic E-state index is 12.5. The van der Waals surface area contributed by atoms with Crippen LogP contribution >= 0.6 is 23.2 Å². The molecule has 2 N–H and O–H groups in total. The summed E-state index contributed by atoms with van der Waals surface area (Å²) in [5.41, 5.74) is 7.31. The molecule has 130 valence electrons. The number of carbonyl (C=O) groups excluding carboxylic acids is 2. The molecule has 1 aromatic heterocycles. The highest BCUT2D eigenvalue weighted by Crippen LogP contribution is 2.34. The SMILES string of the molecule is NC(=O)C(c1ccc(C(=O)c2ccccc2)cn1)c1c(Cl)cccc1Cl. The minimum atomic E-state index is -0.905. The van der Waals surface area contributed by atoms with Crippen LogP contribution in [0.25, 0.3) is 0 Å². The molecule has 6 heteroatoms. The topological polar surface area (TPSA) is 73.1 Å². The van der Waals surface area contributed by atoms with Crippen molar-refractivity contribution < 1.29 is 9.59 Å². The van der Waals surface area contributed by atoms with Gasteiger partial charge in [-0.15, -0.1) is 0 Å². The second-order valence-corrected chi connectivity index (χ2v) is 6.45. The minimum absolute atomic E-state index is 0.156. The molecule has 0 bridgehead atoms. The Balaban J connectivity index is 1.98. The summed E-state index contributed by atoms with van der Waals surface area (Å²) in [5.74, 6) is -1.69. The quantitative estimate of drug-likeness (QED) is 0.668. The maximum absolute atomic E-state index is 12.5. The number of benzene rings is 2. The smallest absolute Gasteiger partial charge is 0.231 e. The molecule has 3 rings (SSSR count). The highest BCUT2D eigenvalue weighted by atomic mass is 35.5. The van der Waals surface area contributed by atoms with Gasteiger partial charge in [0.1, 0.15) is 5.92 Å². The van der Waals surface area contributed by atoms with E-state index >= 15 is 0 Å². The van der Waals surface area contributed by atoms with Crippen LogP contribution in [-0.2, 0) is 4.79 Å². The van der Waals surface area contributed by atoms with Crippen LogP contribution < -0.4 is 5.73 Å². The number of hydrogen-bond acceptors (Lipinski definition) is 3. The van der Waals surface area contributed by atoms with Crippen molar-refractivity contribution in [2.45, 2.75) is 5.92 Å².